The predicted molar refractivity (Wildman–Crippen MR) is 85.0 cm³/mol. The van der Waals surface area contributed by atoms with Crippen LogP contribution >= 0.6 is 15.9 Å². The minimum Gasteiger partial charge on any atom is -0.487 e. The second-order valence-electron chi connectivity index (χ2n) is 4.71. The van der Waals surface area contributed by atoms with Crippen molar-refractivity contribution in [2.75, 3.05) is 7.11 Å². The Morgan fingerprint density at radius 1 is 1.26 bits per heavy atom. The summed E-state index contributed by atoms with van der Waals surface area (Å²) in [5.74, 6) is -1.37. The number of hydrogen-bond donors (Lipinski definition) is 0. The molecule has 118 valence electrons. The van der Waals surface area contributed by atoms with E-state index in [1.165, 1.54) is 11.6 Å². The van der Waals surface area contributed by atoms with E-state index in [9.17, 15) is 9.18 Å². The highest BCUT2D eigenvalue weighted by molar-refractivity contribution is 9.10. The fourth-order valence-electron chi connectivity index (χ4n) is 2.20. The summed E-state index contributed by atoms with van der Waals surface area (Å²) in [6.07, 6.45) is 0. The van der Waals surface area contributed by atoms with Crippen molar-refractivity contribution in [1.82, 2.24) is 9.61 Å². The molecule has 2 aromatic heterocycles. The van der Waals surface area contributed by atoms with Crippen LogP contribution in [0.25, 0.3) is 5.52 Å². The van der Waals surface area contributed by atoms with Crippen molar-refractivity contribution < 1.29 is 18.7 Å². The SMILES string of the molecule is COC(=O)c1c(F)nn2c(Br)ccc(OCc3ccccc3)c12. The maximum absolute atomic E-state index is 14.1. The van der Waals surface area contributed by atoms with Gasteiger partial charge in [0.1, 0.15) is 28.0 Å². The summed E-state index contributed by atoms with van der Waals surface area (Å²) < 4.78 is 26.2. The number of methoxy groups -OCH3 is 1. The zero-order valence-corrected chi connectivity index (χ0v) is 13.7. The molecule has 0 aliphatic rings. The number of nitrogens with zero attached hydrogens (tertiary/aromatic N) is 2. The Hall–Kier alpha value is -2.41. The van der Waals surface area contributed by atoms with Gasteiger partial charge in [-0.1, -0.05) is 30.3 Å². The molecule has 0 spiro atoms. The van der Waals surface area contributed by atoms with E-state index in [2.05, 4.69) is 25.8 Å². The summed E-state index contributed by atoms with van der Waals surface area (Å²) in [5, 5.41) is 3.72. The fraction of sp³-hybridized carbons (Fsp3) is 0.125. The van der Waals surface area contributed by atoms with Crippen LogP contribution in [-0.2, 0) is 11.3 Å². The second-order valence-corrected chi connectivity index (χ2v) is 5.52. The van der Waals surface area contributed by atoms with Crippen molar-refractivity contribution in [2.45, 2.75) is 6.61 Å². The van der Waals surface area contributed by atoms with Gasteiger partial charge in [0.25, 0.3) is 0 Å². The van der Waals surface area contributed by atoms with Crippen LogP contribution < -0.4 is 4.74 Å². The maximum atomic E-state index is 14.1. The van der Waals surface area contributed by atoms with E-state index in [4.69, 9.17) is 4.74 Å². The van der Waals surface area contributed by atoms with Gasteiger partial charge in [0.05, 0.1) is 7.11 Å². The van der Waals surface area contributed by atoms with Gasteiger partial charge < -0.3 is 9.47 Å². The first-order chi connectivity index (χ1) is 11.1. The molecule has 5 nitrogen and oxygen atoms in total. The molecule has 0 aliphatic heterocycles. The number of carbonyl (C=O) groups excluding carboxylic acids is 1. The van der Waals surface area contributed by atoms with Crippen molar-refractivity contribution in [3.8, 4) is 5.75 Å². The van der Waals surface area contributed by atoms with Crippen molar-refractivity contribution in [2.24, 2.45) is 0 Å². The molecule has 0 unspecified atom stereocenters. The van der Waals surface area contributed by atoms with Gasteiger partial charge in [-0.05, 0) is 33.6 Å². The van der Waals surface area contributed by atoms with Crippen LogP contribution in [0.3, 0.4) is 0 Å². The van der Waals surface area contributed by atoms with Crippen LogP contribution in [0.15, 0.2) is 47.1 Å². The molecule has 0 atom stereocenters. The third-order valence-corrected chi connectivity index (χ3v) is 3.88. The number of pyridine rings is 1. The molecule has 1 aromatic carbocycles. The highest BCUT2D eigenvalue weighted by Crippen LogP contribution is 2.30. The van der Waals surface area contributed by atoms with E-state index in [0.717, 1.165) is 5.56 Å². The summed E-state index contributed by atoms with van der Waals surface area (Å²) in [6.45, 7) is 0.283. The first-order valence-corrected chi connectivity index (χ1v) is 7.53. The Labute approximate surface area is 139 Å². The van der Waals surface area contributed by atoms with Crippen LogP contribution in [0, 0.1) is 5.95 Å². The second kappa shape index (κ2) is 6.37. The van der Waals surface area contributed by atoms with Crippen LogP contribution in [0.1, 0.15) is 15.9 Å². The summed E-state index contributed by atoms with van der Waals surface area (Å²) in [4.78, 5) is 11.9. The number of fused-ring (bicyclic) bond motifs is 1. The Kier molecular flexibility index (Phi) is 4.29. The van der Waals surface area contributed by atoms with E-state index in [1.807, 2.05) is 30.3 Å². The highest BCUT2D eigenvalue weighted by Gasteiger charge is 2.25. The number of ether oxygens (including phenoxy) is 2. The summed E-state index contributed by atoms with van der Waals surface area (Å²) >= 11 is 3.27. The molecule has 3 rings (SSSR count). The standard InChI is InChI=1S/C16H12BrFN2O3/c1-22-16(21)13-14-11(23-9-10-5-3-2-4-6-10)7-8-12(17)20(14)19-15(13)18/h2-8H,9H2,1H3. The molecule has 2 heterocycles. The zero-order chi connectivity index (χ0) is 16.4. The van der Waals surface area contributed by atoms with Gasteiger partial charge >= 0.3 is 5.97 Å². The molecule has 0 fully saturated rings. The summed E-state index contributed by atoms with van der Waals surface area (Å²) in [6, 6.07) is 12.8. The minimum atomic E-state index is -0.909. The number of aromatic nitrogens is 2. The van der Waals surface area contributed by atoms with Crippen LogP contribution in [0.4, 0.5) is 4.39 Å². The summed E-state index contributed by atoms with van der Waals surface area (Å²) in [5.41, 5.74) is 0.921. The van der Waals surface area contributed by atoms with Gasteiger partial charge in [-0.2, -0.15) is 4.39 Å². The van der Waals surface area contributed by atoms with E-state index in [0.29, 0.717) is 10.4 Å². The maximum Gasteiger partial charge on any atom is 0.344 e. The Bertz CT molecular complexity index is 865. The quantitative estimate of drug-likeness (QED) is 0.514. The lowest BCUT2D eigenvalue weighted by molar-refractivity contribution is 0.0597. The van der Waals surface area contributed by atoms with Gasteiger partial charge in [-0.3, -0.25) is 0 Å². The normalized spacial score (nSPS) is 10.7. The van der Waals surface area contributed by atoms with Crippen molar-refractivity contribution in [1.29, 1.82) is 0 Å². The Morgan fingerprint density at radius 3 is 2.70 bits per heavy atom. The van der Waals surface area contributed by atoms with Gasteiger partial charge in [-0.15, -0.1) is 5.10 Å². The molecule has 0 N–H and O–H groups in total. The van der Waals surface area contributed by atoms with Gasteiger partial charge in [0, 0.05) is 0 Å². The van der Waals surface area contributed by atoms with Crippen molar-refractivity contribution in [3.63, 3.8) is 0 Å². The number of hydrogen-bond acceptors (Lipinski definition) is 4. The van der Waals surface area contributed by atoms with Crippen molar-refractivity contribution in [3.05, 3.63) is 64.1 Å². The van der Waals surface area contributed by atoms with Gasteiger partial charge in [-0.25, -0.2) is 9.31 Å². The zero-order valence-electron chi connectivity index (χ0n) is 12.1. The molecule has 0 saturated carbocycles. The number of halogens is 2. The lowest BCUT2D eigenvalue weighted by Gasteiger charge is -2.09. The summed E-state index contributed by atoms with van der Waals surface area (Å²) in [7, 11) is 1.19. The highest BCUT2D eigenvalue weighted by atomic mass is 79.9. The van der Waals surface area contributed by atoms with Crippen molar-refractivity contribution >= 4 is 27.4 Å². The number of carbonyl (C=O) groups is 1. The van der Waals surface area contributed by atoms with Gasteiger partial charge in [0.15, 0.2) is 0 Å². The van der Waals surface area contributed by atoms with Crippen LogP contribution in [0.2, 0.25) is 0 Å². The number of benzene rings is 1. The molecule has 7 heteroatoms. The molecule has 0 aliphatic carbocycles. The number of esters is 1. The molecule has 23 heavy (non-hydrogen) atoms. The molecule has 3 aromatic rings. The van der Waals surface area contributed by atoms with Crippen LogP contribution in [0.5, 0.6) is 5.75 Å². The Balaban J connectivity index is 2.06. The first kappa shape index (κ1) is 15.5. The molecular weight excluding hydrogens is 367 g/mol. The van der Waals surface area contributed by atoms with Gasteiger partial charge in [0.2, 0.25) is 5.95 Å². The lowest BCUT2D eigenvalue weighted by Crippen LogP contribution is -2.05. The van der Waals surface area contributed by atoms with E-state index < -0.39 is 11.9 Å². The third-order valence-electron chi connectivity index (χ3n) is 3.28. The van der Waals surface area contributed by atoms with E-state index >= 15 is 0 Å². The van der Waals surface area contributed by atoms with E-state index in [-0.39, 0.29) is 17.7 Å². The Morgan fingerprint density at radius 2 is 2.00 bits per heavy atom. The molecule has 0 amide bonds. The average Bonchev–Trinajstić information content (AvgIpc) is 2.93. The lowest BCUT2D eigenvalue weighted by atomic mass is 10.2. The third kappa shape index (κ3) is 2.92. The van der Waals surface area contributed by atoms with E-state index in [1.54, 1.807) is 12.1 Å². The predicted octanol–water partition coefficient (Wildman–Crippen LogP) is 3.60. The smallest absolute Gasteiger partial charge is 0.344 e. The largest absolute Gasteiger partial charge is 0.487 e. The molecule has 0 saturated heterocycles. The fourth-order valence-corrected chi connectivity index (χ4v) is 2.59. The molecular formula is C16H12BrFN2O3. The molecule has 0 bridgehead atoms. The first-order valence-electron chi connectivity index (χ1n) is 6.73. The minimum absolute atomic E-state index is 0.222. The van der Waals surface area contributed by atoms with Crippen LogP contribution in [-0.4, -0.2) is 22.7 Å². The topological polar surface area (TPSA) is 52.8 Å². The average molecular weight is 379 g/mol. The molecule has 0 radical (unpaired) electrons. The monoisotopic (exact) mass is 378 g/mol. The number of rotatable bonds is 4.